The van der Waals surface area contributed by atoms with E-state index in [1.807, 2.05) is 54.6 Å². The molecule has 1 N–H and O–H groups in total. The van der Waals surface area contributed by atoms with E-state index in [4.69, 9.17) is 21.3 Å². The van der Waals surface area contributed by atoms with Gasteiger partial charge in [0.25, 0.3) is 5.91 Å². The molecule has 1 aromatic heterocycles. The van der Waals surface area contributed by atoms with Crippen LogP contribution in [0, 0.1) is 0 Å². The molecule has 0 aliphatic carbocycles. The van der Waals surface area contributed by atoms with Gasteiger partial charge in [0.2, 0.25) is 0 Å². The van der Waals surface area contributed by atoms with E-state index in [1.54, 1.807) is 23.5 Å². The summed E-state index contributed by atoms with van der Waals surface area (Å²) in [4.78, 5) is 21.9. The zero-order valence-electron chi connectivity index (χ0n) is 18.6. The van der Waals surface area contributed by atoms with Gasteiger partial charge in [-0.2, -0.15) is 0 Å². The molecule has 3 aromatic carbocycles. The van der Waals surface area contributed by atoms with Gasteiger partial charge in [-0.05, 0) is 48.5 Å². The van der Waals surface area contributed by atoms with Gasteiger partial charge in [0.05, 0.1) is 9.72 Å². The maximum absolute atomic E-state index is 12.5. The van der Waals surface area contributed by atoms with Crippen molar-refractivity contribution in [2.75, 3.05) is 44.2 Å². The standard InChI is InChI=1S/C26H25ClN4O2S/c27-22-7-4-8-23-24(22)29-26(34-23)31-17-15-30(16-18-31)14-13-28-25(32)19-9-11-21(12-10-19)33-20-5-2-1-3-6-20/h1-12H,13-18H2,(H,28,32). The highest BCUT2D eigenvalue weighted by Crippen LogP contribution is 2.33. The van der Waals surface area contributed by atoms with Crippen LogP contribution in [0.1, 0.15) is 10.4 Å². The maximum Gasteiger partial charge on any atom is 0.251 e. The first-order valence-electron chi connectivity index (χ1n) is 11.3. The third-order valence-electron chi connectivity index (χ3n) is 5.81. The van der Waals surface area contributed by atoms with Crippen LogP contribution in [-0.4, -0.2) is 55.1 Å². The molecule has 1 aliphatic rings. The van der Waals surface area contributed by atoms with Crippen LogP contribution in [0.4, 0.5) is 5.13 Å². The number of anilines is 1. The Morgan fingerprint density at radius 1 is 0.941 bits per heavy atom. The summed E-state index contributed by atoms with van der Waals surface area (Å²) in [7, 11) is 0. The Hall–Kier alpha value is -3.13. The fourth-order valence-corrected chi connectivity index (χ4v) is 5.25. The van der Waals surface area contributed by atoms with E-state index >= 15 is 0 Å². The fraction of sp³-hybridized carbons (Fsp3) is 0.231. The zero-order valence-corrected chi connectivity index (χ0v) is 20.2. The summed E-state index contributed by atoms with van der Waals surface area (Å²) in [6.45, 7) is 5.12. The molecule has 1 saturated heterocycles. The molecule has 0 unspecified atom stereocenters. The van der Waals surface area contributed by atoms with Crippen molar-refractivity contribution in [1.82, 2.24) is 15.2 Å². The lowest BCUT2D eigenvalue weighted by atomic mass is 10.2. The van der Waals surface area contributed by atoms with Crippen LogP contribution in [-0.2, 0) is 0 Å². The minimum absolute atomic E-state index is 0.0729. The molecule has 1 aliphatic heterocycles. The molecule has 5 rings (SSSR count). The molecule has 34 heavy (non-hydrogen) atoms. The Labute approximate surface area is 207 Å². The van der Waals surface area contributed by atoms with Crippen molar-refractivity contribution in [3.8, 4) is 11.5 Å². The van der Waals surface area contributed by atoms with Gasteiger partial charge >= 0.3 is 0 Å². The maximum atomic E-state index is 12.5. The molecule has 1 amide bonds. The van der Waals surface area contributed by atoms with Crippen LogP contribution in [0.25, 0.3) is 10.2 Å². The number of halogens is 1. The second-order valence-electron chi connectivity index (χ2n) is 8.11. The number of hydrogen-bond donors (Lipinski definition) is 1. The highest BCUT2D eigenvalue weighted by atomic mass is 35.5. The molecule has 0 saturated carbocycles. The molecule has 0 spiro atoms. The van der Waals surface area contributed by atoms with Crippen LogP contribution >= 0.6 is 22.9 Å². The number of nitrogens with zero attached hydrogens (tertiary/aromatic N) is 3. The smallest absolute Gasteiger partial charge is 0.251 e. The van der Waals surface area contributed by atoms with Crippen molar-refractivity contribution < 1.29 is 9.53 Å². The van der Waals surface area contributed by atoms with Gasteiger partial charge in [-0.1, -0.05) is 47.2 Å². The number of hydrogen-bond acceptors (Lipinski definition) is 6. The van der Waals surface area contributed by atoms with Crippen LogP contribution in [0.3, 0.4) is 0 Å². The molecule has 1 fully saturated rings. The minimum atomic E-state index is -0.0729. The Morgan fingerprint density at radius 3 is 2.41 bits per heavy atom. The second kappa shape index (κ2) is 10.4. The SMILES string of the molecule is O=C(NCCN1CCN(c2nc3c(Cl)cccc3s2)CC1)c1ccc(Oc2ccccc2)cc1. The number of ether oxygens (including phenoxy) is 1. The van der Waals surface area contributed by atoms with Gasteiger partial charge < -0.3 is 15.0 Å². The van der Waals surface area contributed by atoms with Gasteiger partial charge in [-0.15, -0.1) is 0 Å². The number of nitrogens with one attached hydrogen (secondary N) is 1. The third-order valence-corrected chi connectivity index (χ3v) is 7.20. The Kier molecular flexibility index (Phi) is 6.94. The molecule has 174 valence electrons. The summed E-state index contributed by atoms with van der Waals surface area (Å²) >= 11 is 7.96. The molecule has 0 radical (unpaired) electrons. The minimum Gasteiger partial charge on any atom is -0.457 e. The van der Waals surface area contributed by atoms with Crippen molar-refractivity contribution in [1.29, 1.82) is 0 Å². The van der Waals surface area contributed by atoms with Crippen LogP contribution < -0.4 is 15.0 Å². The number of para-hydroxylation sites is 2. The lowest BCUT2D eigenvalue weighted by molar-refractivity contribution is 0.0948. The number of carbonyl (C=O) groups excluding carboxylic acids is 1. The van der Waals surface area contributed by atoms with E-state index in [2.05, 4.69) is 21.2 Å². The zero-order chi connectivity index (χ0) is 23.3. The van der Waals surface area contributed by atoms with E-state index in [0.29, 0.717) is 22.9 Å². The molecular formula is C26H25ClN4O2S. The van der Waals surface area contributed by atoms with Gasteiger partial charge in [0.15, 0.2) is 5.13 Å². The molecule has 6 nitrogen and oxygen atoms in total. The first-order chi connectivity index (χ1) is 16.7. The summed E-state index contributed by atoms with van der Waals surface area (Å²) in [6.07, 6.45) is 0. The number of fused-ring (bicyclic) bond motifs is 1. The summed E-state index contributed by atoms with van der Waals surface area (Å²) in [5, 5.41) is 4.75. The molecular weight excluding hydrogens is 468 g/mol. The van der Waals surface area contributed by atoms with E-state index in [1.165, 1.54) is 0 Å². The van der Waals surface area contributed by atoms with Crippen molar-refractivity contribution >= 4 is 44.2 Å². The third kappa shape index (κ3) is 5.33. The van der Waals surface area contributed by atoms with Gasteiger partial charge in [0, 0.05) is 44.8 Å². The van der Waals surface area contributed by atoms with Gasteiger partial charge in [-0.25, -0.2) is 4.98 Å². The quantitative estimate of drug-likeness (QED) is 0.379. The Morgan fingerprint density at radius 2 is 1.68 bits per heavy atom. The predicted octanol–water partition coefficient (Wildman–Crippen LogP) is 5.29. The fourth-order valence-electron chi connectivity index (χ4n) is 3.93. The number of rotatable bonds is 7. The first kappa shape index (κ1) is 22.7. The number of aromatic nitrogens is 1. The highest BCUT2D eigenvalue weighted by molar-refractivity contribution is 7.22. The molecule has 0 atom stereocenters. The average Bonchev–Trinajstić information content (AvgIpc) is 3.31. The number of amides is 1. The van der Waals surface area contributed by atoms with E-state index in [-0.39, 0.29) is 5.91 Å². The first-order valence-corrected chi connectivity index (χ1v) is 12.5. The molecule has 2 heterocycles. The lowest BCUT2D eigenvalue weighted by Crippen LogP contribution is -2.48. The van der Waals surface area contributed by atoms with E-state index in [0.717, 1.165) is 53.8 Å². The number of piperazine rings is 1. The molecule has 0 bridgehead atoms. The van der Waals surface area contributed by atoms with Gasteiger partial charge in [0.1, 0.15) is 17.0 Å². The van der Waals surface area contributed by atoms with Gasteiger partial charge in [-0.3, -0.25) is 9.69 Å². The predicted molar refractivity (Wildman–Crippen MR) is 139 cm³/mol. The second-order valence-corrected chi connectivity index (χ2v) is 9.52. The van der Waals surface area contributed by atoms with Crippen LogP contribution in [0.15, 0.2) is 72.8 Å². The normalized spacial score (nSPS) is 14.3. The average molecular weight is 493 g/mol. The number of benzene rings is 3. The van der Waals surface area contributed by atoms with E-state index in [9.17, 15) is 4.79 Å². The van der Waals surface area contributed by atoms with E-state index < -0.39 is 0 Å². The summed E-state index contributed by atoms with van der Waals surface area (Å²) < 4.78 is 6.90. The summed E-state index contributed by atoms with van der Waals surface area (Å²) in [6, 6.07) is 22.7. The molecule has 4 aromatic rings. The van der Waals surface area contributed by atoms with Crippen molar-refractivity contribution in [3.63, 3.8) is 0 Å². The van der Waals surface area contributed by atoms with Crippen LogP contribution in [0.2, 0.25) is 5.02 Å². The Balaban J connectivity index is 1.06. The van der Waals surface area contributed by atoms with Crippen molar-refractivity contribution in [2.45, 2.75) is 0 Å². The van der Waals surface area contributed by atoms with Crippen molar-refractivity contribution in [2.24, 2.45) is 0 Å². The van der Waals surface area contributed by atoms with Crippen molar-refractivity contribution in [3.05, 3.63) is 83.4 Å². The monoisotopic (exact) mass is 492 g/mol. The number of thiazole rings is 1. The highest BCUT2D eigenvalue weighted by Gasteiger charge is 2.20. The summed E-state index contributed by atoms with van der Waals surface area (Å²) in [5.74, 6) is 1.40. The van der Waals surface area contributed by atoms with Crippen LogP contribution in [0.5, 0.6) is 11.5 Å². The topological polar surface area (TPSA) is 57.7 Å². The molecule has 8 heteroatoms. The summed E-state index contributed by atoms with van der Waals surface area (Å²) in [5.41, 5.74) is 1.51. The Bertz CT molecular complexity index is 1260. The largest absolute Gasteiger partial charge is 0.457 e. The number of carbonyl (C=O) groups is 1. The lowest BCUT2D eigenvalue weighted by Gasteiger charge is -2.34.